The molecule has 1 aromatic carbocycles. The fourth-order valence-electron chi connectivity index (χ4n) is 2.69. The van der Waals surface area contributed by atoms with E-state index in [2.05, 4.69) is 37.4 Å². The first-order valence-electron chi connectivity index (χ1n) is 7.29. The Morgan fingerprint density at radius 3 is 2.95 bits per heavy atom. The smallest absolute Gasteiger partial charge is 0.223 e. The van der Waals surface area contributed by atoms with Crippen LogP contribution in [0.3, 0.4) is 0 Å². The lowest BCUT2D eigenvalue weighted by Gasteiger charge is -2.17. The molecule has 1 unspecified atom stereocenters. The van der Waals surface area contributed by atoms with Crippen molar-refractivity contribution in [2.45, 2.75) is 52.5 Å². The number of unbranched alkanes of at least 4 members (excludes halogenated alkanes) is 1. The van der Waals surface area contributed by atoms with Crippen molar-refractivity contribution in [2.75, 3.05) is 16.8 Å². The first-order chi connectivity index (χ1) is 9.11. The van der Waals surface area contributed by atoms with Crippen LogP contribution in [0.5, 0.6) is 0 Å². The lowest BCUT2D eigenvalue weighted by atomic mass is 10.1. The van der Waals surface area contributed by atoms with Gasteiger partial charge in [-0.3, -0.25) is 4.79 Å². The summed E-state index contributed by atoms with van der Waals surface area (Å²) < 4.78 is 0. The summed E-state index contributed by atoms with van der Waals surface area (Å²) in [7, 11) is 0. The summed E-state index contributed by atoms with van der Waals surface area (Å²) in [5.74, 6) is 0.135. The molecule has 1 amide bonds. The maximum absolute atomic E-state index is 11.5. The molecule has 0 saturated heterocycles. The monoisotopic (exact) mass is 260 g/mol. The molecule has 0 bridgehead atoms. The molecule has 1 atom stereocenters. The van der Waals surface area contributed by atoms with Gasteiger partial charge in [-0.05, 0) is 43.5 Å². The second kappa shape index (κ2) is 6.09. The topological polar surface area (TPSA) is 32.3 Å². The van der Waals surface area contributed by atoms with Crippen molar-refractivity contribution >= 4 is 17.3 Å². The number of rotatable bonds is 5. The molecule has 104 valence electrons. The number of carbonyl (C=O) groups is 1. The average Bonchev–Trinajstić information content (AvgIpc) is 2.79. The highest BCUT2D eigenvalue weighted by atomic mass is 16.2. The third-order valence-electron chi connectivity index (χ3n) is 3.76. The van der Waals surface area contributed by atoms with E-state index in [0.29, 0.717) is 6.04 Å². The number of amides is 1. The van der Waals surface area contributed by atoms with E-state index in [-0.39, 0.29) is 5.91 Å². The Bertz CT molecular complexity index is 456. The van der Waals surface area contributed by atoms with Crippen LogP contribution in [0, 0.1) is 0 Å². The predicted octanol–water partition coefficient (Wildman–Crippen LogP) is 3.59. The van der Waals surface area contributed by atoms with Crippen molar-refractivity contribution in [3.63, 3.8) is 0 Å². The Morgan fingerprint density at radius 2 is 2.26 bits per heavy atom. The summed E-state index contributed by atoms with van der Waals surface area (Å²) in [6.07, 6.45) is 4.67. The van der Waals surface area contributed by atoms with Crippen molar-refractivity contribution in [1.29, 1.82) is 0 Å². The largest absolute Gasteiger partial charge is 0.383 e. The van der Waals surface area contributed by atoms with Gasteiger partial charge in [0.05, 0.1) is 0 Å². The number of nitrogens with one attached hydrogen (secondary N) is 1. The van der Waals surface area contributed by atoms with Crippen LogP contribution in [0.15, 0.2) is 18.2 Å². The van der Waals surface area contributed by atoms with Gasteiger partial charge in [0.2, 0.25) is 5.91 Å². The Hall–Kier alpha value is -1.51. The van der Waals surface area contributed by atoms with Crippen LogP contribution < -0.4 is 10.2 Å². The summed E-state index contributed by atoms with van der Waals surface area (Å²) in [4.78, 5) is 13.4. The number of fused-ring (bicyclic) bond motifs is 1. The van der Waals surface area contributed by atoms with Crippen LogP contribution in [0.25, 0.3) is 0 Å². The molecule has 0 saturated carbocycles. The van der Waals surface area contributed by atoms with E-state index in [1.165, 1.54) is 30.5 Å². The fraction of sp³-hybridized carbons (Fsp3) is 0.562. The molecule has 0 aliphatic carbocycles. The molecule has 1 heterocycles. The molecule has 1 aromatic rings. The number of hydrogen-bond acceptors (Lipinski definition) is 2. The van der Waals surface area contributed by atoms with Crippen molar-refractivity contribution in [3.8, 4) is 0 Å². The van der Waals surface area contributed by atoms with E-state index in [9.17, 15) is 4.79 Å². The lowest BCUT2D eigenvalue weighted by Crippen LogP contribution is -2.25. The van der Waals surface area contributed by atoms with Gasteiger partial charge in [-0.15, -0.1) is 0 Å². The van der Waals surface area contributed by atoms with Gasteiger partial charge >= 0.3 is 0 Å². The zero-order chi connectivity index (χ0) is 13.8. The fourth-order valence-corrected chi connectivity index (χ4v) is 2.69. The quantitative estimate of drug-likeness (QED) is 0.877. The molecule has 19 heavy (non-hydrogen) atoms. The van der Waals surface area contributed by atoms with Crippen LogP contribution in [0.4, 0.5) is 11.4 Å². The summed E-state index contributed by atoms with van der Waals surface area (Å²) >= 11 is 0. The lowest BCUT2D eigenvalue weighted by molar-refractivity contribution is -0.116. The normalized spacial score (nSPS) is 15.2. The first kappa shape index (κ1) is 13.9. The van der Waals surface area contributed by atoms with Gasteiger partial charge in [0.1, 0.15) is 0 Å². The van der Waals surface area contributed by atoms with Crippen LogP contribution in [-0.2, 0) is 11.2 Å². The summed E-state index contributed by atoms with van der Waals surface area (Å²) in [6.45, 7) is 6.90. The minimum atomic E-state index is 0.135. The van der Waals surface area contributed by atoms with Crippen molar-refractivity contribution in [3.05, 3.63) is 23.8 Å². The third kappa shape index (κ3) is 3.28. The molecule has 0 aromatic heterocycles. The van der Waals surface area contributed by atoms with Crippen LogP contribution >= 0.6 is 0 Å². The van der Waals surface area contributed by atoms with E-state index in [0.717, 1.165) is 18.7 Å². The molecular weight excluding hydrogens is 236 g/mol. The minimum absolute atomic E-state index is 0.135. The van der Waals surface area contributed by atoms with Crippen LogP contribution in [0.1, 0.15) is 45.6 Å². The maximum atomic E-state index is 11.5. The number of anilines is 2. The van der Waals surface area contributed by atoms with Crippen molar-refractivity contribution < 1.29 is 4.79 Å². The van der Waals surface area contributed by atoms with Crippen molar-refractivity contribution in [2.24, 2.45) is 0 Å². The molecule has 0 fully saturated rings. The Balaban J connectivity index is 2.04. The molecule has 1 N–H and O–H groups in total. The van der Waals surface area contributed by atoms with Gasteiger partial charge in [-0.1, -0.05) is 19.8 Å². The molecule has 0 spiro atoms. The molecule has 3 heteroatoms. The van der Waals surface area contributed by atoms with Gasteiger partial charge in [0.25, 0.3) is 0 Å². The highest BCUT2D eigenvalue weighted by Gasteiger charge is 2.22. The predicted molar refractivity (Wildman–Crippen MR) is 80.8 cm³/mol. The molecule has 2 rings (SSSR count). The highest BCUT2D eigenvalue weighted by Crippen LogP contribution is 2.30. The average molecular weight is 260 g/mol. The Kier molecular flexibility index (Phi) is 4.46. The summed E-state index contributed by atoms with van der Waals surface area (Å²) in [6, 6.07) is 6.85. The van der Waals surface area contributed by atoms with Crippen molar-refractivity contribution in [1.82, 2.24) is 0 Å². The standard InChI is InChI=1S/C16H24N2O/c1-4-5-6-12(2)17-15-7-8-16-14(11-15)9-10-18(16)13(3)19/h7-8,11-12,17H,4-6,9-10H2,1-3H3. The summed E-state index contributed by atoms with van der Waals surface area (Å²) in [5, 5.41) is 3.55. The van der Waals surface area contributed by atoms with Crippen LogP contribution in [0.2, 0.25) is 0 Å². The van der Waals surface area contributed by atoms with E-state index in [4.69, 9.17) is 0 Å². The van der Waals surface area contributed by atoms with Gasteiger partial charge in [0.15, 0.2) is 0 Å². The number of carbonyl (C=O) groups excluding carboxylic acids is 1. The second-order valence-corrected chi connectivity index (χ2v) is 5.45. The minimum Gasteiger partial charge on any atom is -0.383 e. The first-order valence-corrected chi connectivity index (χ1v) is 7.29. The molecule has 3 nitrogen and oxygen atoms in total. The Morgan fingerprint density at radius 1 is 1.47 bits per heavy atom. The number of hydrogen-bond donors (Lipinski definition) is 1. The molecule has 1 aliphatic rings. The van der Waals surface area contributed by atoms with E-state index >= 15 is 0 Å². The highest BCUT2D eigenvalue weighted by molar-refractivity contribution is 5.94. The zero-order valence-corrected chi connectivity index (χ0v) is 12.2. The number of nitrogens with zero attached hydrogens (tertiary/aromatic N) is 1. The second-order valence-electron chi connectivity index (χ2n) is 5.45. The third-order valence-corrected chi connectivity index (χ3v) is 3.76. The zero-order valence-electron chi connectivity index (χ0n) is 12.2. The molecular formula is C16H24N2O. The van der Waals surface area contributed by atoms with E-state index in [1.54, 1.807) is 6.92 Å². The Labute approximate surface area is 116 Å². The van der Waals surface area contributed by atoms with Gasteiger partial charge in [0, 0.05) is 30.9 Å². The maximum Gasteiger partial charge on any atom is 0.223 e. The summed E-state index contributed by atoms with van der Waals surface area (Å²) in [5.41, 5.74) is 3.54. The SMILES string of the molecule is CCCCC(C)Nc1ccc2c(c1)CCN2C(C)=O. The van der Waals surface area contributed by atoms with Gasteiger partial charge < -0.3 is 10.2 Å². The van der Waals surface area contributed by atoms with E-state index < -0.39 is 0 Å². The van der Waals surface area contributed by atoms with Gasteiger partial charge in [-0.2, -0.15) is 0 Å². The van der Waals surface area contributed by atoms with Gasteiger partial charge in [-0.25, -0.2) is 0 Å². The van der Waals surface area contributed by atoms with Crippen LogP contribution in [-0.4, -0.2) is 18.5 Å². The van der Waals surface area contributed by atoms with E-state index in [1.807, 2.05) is 4.90 Å². The number of benzene rings is 1. The molecule has 1 aliphatic heterocycles. The molecule has 0 radical (unpaired) electrons.